The molecule has 0 atom stereocenters. The van der Waals surface area contributed by atoms with Gasteiger partial charge in [-0.15, -0.1) is 0 Å². The van der Waals surface area contributed by atoms with Crippen molar-refractivity contribution in [2.75, 3.05) is 0 Å². The maximum Gasteiger partial charge on any atom is 0.0538 e. The van der Waals surface area contributed by atoms with Gasteiger partial charge in [-0.25, -0.2) is 0 Å². The number of halogens is 3. The molecule has 0 aliphatic heterocycles. The number of aromatic nitrogens is 2. The first-order valence-corrected chi connectivity index (χ1v) is 10.7. The third-order valence-corrected chi connectivity index (χ3v) is 5.96. The fourth-order valence-corrected chi connectivity index (χ4v) is 4.41. The van der Waals surface area contributed by atoms with Gasteiger partial charge in [0.15, 0.2) is 0 Å². The van der Waals surface area contributed by atoms with E-state index in [2.05, 4.69) is 56.2 Å². The van der Waals surface area contributed by atoms with Crippen molar-refractivity contribution in [3.63, 3.8) is 0 Å². The predicted molar refractivity (Wildman–Crippen MR) is 127 cm³/mol. The molecule has 3 aromatic carbocycles. The highest BCUT2D eigenvalue weighted by molar-refractivity contribution is 9.10. The average molecular weight is 482 g/mol. The first-order valence-electron chi connectivity index (χ1n) is 9.10. The maximum atomic E-state index is 6.28. The van der Waals surface area contributed by atoms with Crippen LogP contribution in [-0.2, 0) is 0 Å². The molecule has 5 aromatic rings. The second-order valence-corrected chi connectivity index (χ2v) is 8.67. The molecule has 0 fully saturated rings. The molecule has 142 valence electrons. The number of aromatic amines is 2. The Morgan fingerprint density at radius 1 is 0.724 bits per heavy atom. The van der Waals surface area contributed by atoms with Crippen molar-refractivity contribution in [3.8, 4) is 33.6 Å². The van der Waals surface area contributed by atoms with E-state index in [1.807, 2.05) is 48.7 Å². The molecule has 2 N–H and O–H groups in total. The fourth-order valence-electron chi connectivity index (χ4n) is 3.67. The number of H-pyrrole nitrogens is 2. The molecule has 2 nitrogen and oxygen atoms in total. The van der Waals surface area contributed by atoms with Crippen LogP contribution in [-0.4, -0.2) is 9.97 Å². The summed E-state index contributed by atoms with van der Waals surface area (Å²) in [5.74, 6) is 0. The summed E-state index contributed by atoms with van der Waals surface area (Å²) in [5, 5.41) is 2.56. The van der Waals surface area contributed by atoms with Gasteiger partial charge in [-0.2, -0.15) is 0 Å². The van der Waals surface area contributed by atoms with Gasteiger partial charge >= 0.3 is 0 Å². The highest BCUT2D eigenvalue weighted by Gasteiger charge is 2.16. The Hall–Kier alpha value is -2.46. The van der Waals surface area contributed by atoms with E-state index in [-0.39, 0.29) is 0 Å². The molecular formula is C24H15BrCl2N2. The zero-order chi connectivity index (χ0) is 20.0. The van der Waals surface area contributed by atoms with Gasteiger partial charge in [-0.1, -0.05) is 63.4 Å². The fraction of sp³-hybridized carbons (Fsp3) is 0. The largest absolute Gasteiger partial charge is 0.360 e. The third-order valence-electron chi connectivity index (χ3n) is 5.00. The minimum atomic E-state index is 0.701. The van der Waals surface area contributed by atoms with Gasteiger partial charge in [0.2, 0.25) is 0 Å². The van der Waals surface area contributed by atoms with Crippen LogP contribution in [0, 0.1) is 0 Å². The van der Waals surface area contributed by atoms with E-state index in [1.54, 1.807) is 0 Å². The van der Waals surface area contributed by atoms with Crippen LogP contribution in [0.15, 0.2) is 83.5 Å². The van der Waals surface area contributed by atoms with Crippen molar-refractivity contribution in [2.24, 2.45) is 0 Å². The summed E-state index contributed by atoms with van der Waals surface area (Å²) in [6.45, 7) is 0. The summed E-state index contributed by atoms with van der Waals surface area (Å²) >= 11 is 16.1. The molecule has 0 unspecified atom stereocenters. The van der Waals surface area contributed by atoms with Gasteiger partial charge in [0.05, 0.1) is 5.69 Å². The van der Waals surface area contributed by atoms with E-state index in [4.69, 9.17) is 23.2 Å². The Bertz CT molecular complexity index is 1290. The van der Waals surface area contributed by atoms with Crippen molar-refractivity contribution in [3.05, 3.63) is 93.5 Å². The lowest BCUT2D eigenvalue weighted by Crippen LogP contribution is -1.83. The van der Waals surface area contributed by atoms with E-state index in [1.165, 1.54) is 0 Å². The first-order chi connectivity index (χ1) is 14.1. The molecule has 0 radical (unpaired) electrons. The smallest absolute Gasteiger partial charge is 0.0538 e. The molecule has 5 rings (SSSR count). The number of fused-ring (bicyclic) bond motifs is 1. The molecular weight excluding hydrogens is 467 g/mol. The molecule has 0 amide bonds. The van der Waals surface area contributed by atoms with Crippen LogP contribution in [0.3, 0.4) is 0 Å². The summed E-state index contributed by atoms with van der Waals surface area (Å²) in [4.78, 5) is 6.98. The van der Waals surface area contributed by atoms with Crippen molar-refractivity contribution in [2.45, 2.75) is 0 Å². The number of nitrogens with one attached hydrogen (secondary N) is 2. The molecule has 2 heterocycles. The normalized spacial score (nSPS) is 11.3. The number of hydrogen-bond donors (Lipinski definition) is 2. The number of benzene rings is 3. The van der Waals surface area contributed by atoms with Gasteiger partial charge in [0, 0.05) is 54.0 Å². The molecule has 0 saturated heterocycles. The molecule has 0 aliphatic carbocycles. The Kier molecular flexibility index (Phi) is 4.75. The van der Waals surface area contributed by atoms with E-state index >= 15 is 0 Å². The van der Waals surface area contributed by atoms with E-state index in [0.717, 1.165) is 49.0 Å². The molecule has 0 saturated carbocycles. The number of hydrogen-bond acceptors (Lipinski definition) is 0. The van der Waals surface area contributed by atoms with Gasteiger partial charge in [0.25, 0.3) is 0 Å². The lowest BCUT2D eigenvalue weighted by Gasteiger charge is -2.06. The monoisotopic (exact) mass is 480 g/mol. The average Bonchev–Trinajstić information content (AvgIpc) is 3.32. The van der Waals surface area contributed by atoms with Crippen LogP contribution in [0.2, 0.25) is 10.0 Å². The minimum Gasteiger partial charge on any atom is -0.360 e. The van der Waals surface area contributed by atoms with Crippen molar-refractivity contribution in [1.29, 1.82) is 0 Å². The number of rotatable bonds is 3. The van der Waals surface area contributed by atoms with Crippen LogP contribution in [0.4, 0.5) is 0 Å². The Labute approximate surface area is 186 Å². The summed E-state index contributed by atoms with van der Waals surface area (Å²) in [6, 6.07) is 24.2. The Morgan fingerprint density at radius 3 is 2.21 bits per heavy atom. The summed E-state index contributed by atoms with van der Waals surface area (Å²) in [5.41, 5.74) is 7.39. The lowest BCUT2D eigenvalue weighted by molar-refractivity contribution is 1.39. The molecule has 0 bridgehead atoms. The standard InChI is InChI=1S/C24H15BrCl2N2/c25-16-7-8-22-20(11-16)21(13-28-22)23-12-19(14-3-1-5-17(26)9-14)24(29-23)15-4-2-6-18(27)10-15/h1-13,28-29H. The van der Waals surface area contributed by atoms with Gasteiger partial charge < -0.3 is 9.97 Å². The van der Waals surface area contributed by atoms with Crippen molar-refractivity contribution in [1.82, 2.24) is 9.97 Å². The maximum absolute atomic E-state index is 6.28. The topological polar surface area (TPSA) is 31.6 Å². The SMILES string of the molecule is Clc1cccc(-c2cc(-c3c[nH]c4ccc(Br)cc34)[nH]c2-c2cccc(Cl)c2)c1. The summed E-state index contributed by atoms with van der Waals surface area (Å²) < 4.78 is 1.04. The van der Waals surface area contributed by atoms with Crippen LogP contribution < -0.4 is 0 Å². The van der Waals surface area contributed by atoms with Gasteiger partial charge in [-0.3, -0.25) is 0 Å². The molecule has 29 heavy (non-hydrogen) atoms. The predicted octanol–water partition coefficient (Wildman–Crippen LogP) is 8.57. The van der Waals surface area contributed by atoms with Gasteiger partial charge in [0.1, 0.15) is 0 Å². The summed E-state index contributed by atoms with van der Waals surface area (Å²) in [6.07, 6.45) is 2.03. The molecule has 0 aliphatic rings. The molecule has 2 aromatic heterocycles. The van der Waals surface area contributed by atoms with Crippen LogP contribution in [0.1, 0.15) is 0 Å². The van der Waals surface area contributed by atoms with Crippen LogP contribution in [0.5, 0.6) is 0 Å². The molecule has 5 heteroatoms. The zero-order valence-electron chi connectivity index (χ0n) is 15.1. The summed E-state index contributed by atoms with van der Waals surface area (Å²) in [7, 11) is 0. The zero-order valence-corrected chi connectivity index (χ0v) is 18.2. The highest BCUT2D eigenvalue weighted by Crippen LogP contribution is 2.39. The van der Waals surface area contributed by atoms with Crippen LogP contribution >= 0.6 is 39.1 Å². The van der Waals surface area contributed by atoms with Crippen molar-refractivity contribution >= 4 is 50.0 Å². The van der Waals surface area contributed by atoms with E-state index in [9.17, 15) is 0 Å². The Morgan fingerprint density at radius 2 is 1.45 bits per heavy atom. The van der Waals surface area contributed by atoms with E-state index < -0.39 is 0 Å². The quantitative estimate of drug-likeness (QED) is 0.258. The second-order valence-electron chi connectivity index (χ2n) is 6.88. The highest BCUT2D eigenvalue weighted by atomic mass is 79.9. The van der Waals surface area contributed by atoms with E-state index in [0.29, 0.717) is 10.0 Å². The first kappa shape index (κ1) is 18.6. The third kappa shape index (κ3) is 3.51. The Balaban J connectivity index is 1.75. The van der Waals surface area contributed by atoms with Crippen molar-refractivity contribution < 1.29 is 0 Å². The lowest BCUT2D eigenvalue weighted by atomic mass is 10.0. The second kappa shape index (κ2) is 7.42. The molecule has 0 spiro atoms. The van der Waals surface area contributed by atoms with Crippen LogP contribution in [0.25, 0.3) is 44.5 Å². The van der Waals surface area contributed by atoms with Gasteiger partial charge in [-0.05, 0) is 54.1 Å². The minimum absolute atomic E-state index is 0.701.